The van der Waals surface area contributed by atoms with Crippen molar-refractivity contribution in [1.29, 1.82) is 0 Å². The van der Waals surface area contributed by atoms with Crippen molar-refractivity contribution in [3.63, 3.8) is 0 Å². The van der Waals surface area contributed by atoms with E-state index in [0.717, 1.165) is 25.1 Å². The molecule has 0 radical (unpaired) electrons. The Balaban J connectivity index is 2.32. The fraction of sp³-hybridized carbons (Fsp3) is 0.588. The maximum atomic E-state index is 12.1. The molecule has 0 amide bonds. The summed E-state index contributed by atoms with van der Waals surface area (Å²) in [5.41, 5.74) is 0.133. The molecule has 1 atom stereocenters. The lowest BCUT2D eigenvalue weighted by atomic mass is 9.74. The zero-order valence-corrected chi connectivity index (χ0v) is 15.0. The first-order valence-electron chi connectivity index (χ1n) is 7.80. The molecule has 128 valence electrons. The van der Waals surface area contributed by atoms with Crippen molar-refractivity contribution < 1.29 is 17.9 Å². The number of hydrogen-bond donors (Lipinski definition) is 0. The van der Waals surface area contributed by atoms with Gasteiger partial charge < -0.3 is 9.64 Å². The van der Waals surface area contributed by atoms with Gasteiger partial charge >= 0.3 is 5.97 Å². The average Bonchev–Trinajstić information content (AvgIpc) is 2.53. The fourth-order valence-electron chi connectivity index (χ4n) is 3.25. The van der Waals surface area contributed by atoms with E-state index in [0.29, 0.717) is 11.4 Å². The third-order valence-corrected chi connectivity index (χ3v) is 5.90. The van der Waals surface area contributed by atoms with Crippen molar-refractivity contribution in [3.05, 3.63) is 24.3 Å². The van der Waals surface area contributed by atoms with Crippen molar-refractivity contribution in [1.82, 2.24) is 0 Å². The van der Waals surface area contributed by atoms with E-state index in [1.54, 1.807) is 12.1 Å². The van der Waals surface area contributed by atoms with Gasteiger partial charge in [-0.25, -0.2) is 8.42 Å². The number of sulfone groups is 1. The van der Waals surface area contributed by atoms with Crippen LogP contribution >= 0.6 is 0 Å². The maximum Gasteiger partial charge on any atom is 0.311 e. The first-order chi connectivity index (χ1) is 10.7. The molecule has 23 heavy (non-hydrogen) atoms. The minimum Gasteiger partial charge on any atom is -0.469 e. The van der Waals surface area contributed by atoms with Crippen molar-refractivity contribution >= 4 is 21.5 Å². The Kier molecular flexibility index (Phi) is 5.04. The third kappa shape index (κ3) is 3.68. The van der Waals surface area contributed by atoms with Crippen LogP contribution in [-0.4, -0.2) is 40.8 Å². The molecule has 1 heterocycles. The molecule has 0 aromatic heterocycles. The standard InChI is InChI=1S/C17H25NO4S/c1-17(2,16(19)22-3)13-8-7-11-18(12-13)14-9-5-6-10-15(14)23(4,20)21/h5-6,9-10,13H,7-8,11-12H2,1-4H3. The molecule has 0 bridgehead atoms. The van der Waals surface area contributed by atoms with Crippen LogP contribution in [0.4, 0.5) is 5.69 Å². The van der Waals surface area contributed by atoms with Crippen LogP contribution < -0.4 is 4.90 Å². The normalized spacial score (nSPS) is 19.5. The summed E-state index contributed by atoms with van der Waals surface area (Å²) in [5, 5.41) is 0. The number of benzene rings is 1. The molecule has 6 heteroatoms. The Morgan fingerprint density at radius 2 is 1.96 bits per heavy atom. The first-order valence-corrected chi connectivity index (χ1v) is 9.69. The summed E-state index contributed by atoms with van der Waals surface area (Å²) in [6, 6.07) is 7.06. The summed E-state index contributed by atoms with van der Waals surface area (Å²) < 4.78 is 29.0. The van der Waals surface area contributed by atoms with Crippen molar-refractivity contribution in [3.8, 4) is 0 Å². The number of anilines is 1. The van der Waals surface area contributed by atoms with Gasteiger partial charge in [0.2, 0.25) is 0 Å². The summed E-state index contributed by atoms with van der Waals surface area (Å²) in [5.74, 6) is -0.0999. The highest BCUT2D eigenvalue weighted by Gasteiger charge is 2.40. The lowest BCUT2D eigenvalue weighted by Gasteiger charge is -2.41. The molecular formula is C17H25NO4S. The molecule has 1 aliphatic rings. The molecule has 1 saturated heterocycles. The molecule has 1 aromatic carbocycles. The third-order valence-electron chi connectivity index (χ3n) is 4.76. The van der Waals surface area contributed by atoms with Crippen LogP contribution in [0.15, 0.2) is 29.2 Å². The second-order valence-electron chi connectivity index (χ2n) is 6.74. The highest BCUT2D eigenvalue weighted by molar-refractivity contribution is 7.90. The number of rotatable bonds is 4. The largest absolute Gasteiger partial charge is 0.469 e. The highest BCUT2D eigenvalue weighted by atomic mass is 32.2. The van der Waals surface area contributed by atoms with Gasteiger partial charge in [0.25, 0.3) is 0 Å². The number of carbonyl (C=O) groups excluding carboxylic acids is 1. The number of hydrogen-bond acceptors (Lipinski definition) is 5. The van der Waals surface area contributed by atoms with E-state index < -0.39 is 15.3 Å². The van der Waals surface area contributed by atoms with E-state index in [-0.39, 0.29) is 11.9 Å². The SMILES string of the molecule is COC(=O)C(C)(C)C1CCCN(c2ccccc2S(C)(=O)=O)C1. The van der Waals surface area contributed by atoms with Crippen LogP contribution in [0.25, 0.3) is 0 Å². The lowest BCUT2D eigenvalue weighted by molar-refractivity contribution is -0.154. The molecule has 2 rings (SSSR count). The van der Waals surface area contributed by atoms with E-state index in [1.165, 1.54) is 13.4 Å². The molecule has 1 aromatic rings. The quantitative estimate of drug-likeness (QED) is 0.789. The number of para-hydroxylation sites is 1. The number of nitrogens with zero attached hydrogens (tertiary/aromatic N) is 1. The Labute approximate surface area is 138 Å². The first kappa shape index (κ1) is 17.8. The smallest absolute Gasteiger partial charge is 0.311 e. The van der Waals surface area contributed by atoms with E-state index in [9.17, 15) is 13.2 Å². The molecule has 1 fully saturated rings. The molecule has 0 saturated carbocycles. The van der Waals surface area contributed by atoms with Crippen LogP contribution in [0.1, 0.15) is 26.7 Å². The molecule has 0 spiro atoms. The van der Waals surface area contributed by atoms with E-state index in [4.69, 9.17) is 4.74 Å². The van der Waals surface area contributed by atoms with Gasteiger partial charge in [-0.3, -0.25) is 4.79 Å². The number of piperidine rings is 1. The summed E-state index contributed by atoms with van der Waals surface area (Å²) >= 11 is 0. The zero-order chi connectivity index (χ0) is 17.3. The van der Waals surface area contributed by atoms with Gasteiger partial charge in [0.15, 0.2) is 9.84 Å². The minimum absolute atomic E-state index is 0.122. The molecule has 5 nitrogen and oxygen atoms in total. The molecule has 0 N–H and O–H groups in total. The van der Waals surface area contributed by atoms with E-state index in [1.807, 2.05) is 26.0 Å². The number of carbonyl (C=O) groups is 1. The van der Waals surface area contributed by atoms with E-state index in [2.05, 4.69) is 4.90 Å². The summed E-state index contributed by atoms with van der Waals surface area (Å²) in [4.78, 5) is 14.5. The average molecular weight is 339 g/mol. The summed E-state index contributed by atoms with van der Waals surface area (Å²) in [7, 11) is -1.88. The Morgan fingerprint density at radius 1 is 1.30 bits per heavy atom. The van der Waals surface area contributed by atoms with E-state index >= 15 is 0 Å². The number of methoxy groups -OCH3 is 1. The van der Waals surface area contributed by atoms with Gasteiger partial charge in [-0.1, -0.05) is 12.1 Å². The Hall–Kier alpha value is -1.56. The van der Waals surface area contributed by atoms with Gasteiger partial charge in [-0.05, 0) is 44.7 Å². The highest BCUT2D eigenvalue weighted by Crippen LogP contribution is 2.37. The van der Waals surface area contributed by atoms with Crippen LogP contribution in [0.3, 0.4) is 0 Å². The van der Waals surface area contributed by atoms with Gasteiger partial charge in [0, 0.05) is 19.3 Å². The summed E-state index contributed by atoms with van der Waals surface area (Å²) in [6.07, 6.45) is 3.08. The second kappa shape index (κ2) is 6.51. The molecular weight excluding hydrogens is 314 g/mol. The van der Waals surface area contributed by atoms with Crippen molar-refractivity contribution in [2.75, 3.05) is 31.4 Å². The zero-order valence-electron chi connectivity index (χ0n) is 14.2. The van der Waals surface area contributed by atoms with Crippen LogP contribution in [0.5, 0.6) is 0 Å². The van der Waals surface area contributed by atoms with Crippen LogP contribution in [0, 0.1) is 11.3 Å². The van der Waals surface area contributed by atoms with Crippen LogP contribution in [0.2, 0.25) is 0 Å². The summed E-state index contributed by atoms with van der Waals surface area (Å²) in [6.45, 7) is 5.24. The molecule has 0 aliphatic carbocycles. The maximum absolute atomic E-state index is 12.1. The fourth-order valence-corrected chi connectivity index (χ4v) is 4.15. The van der Waals surface area contributed by atoms with Crippen LogP contribution in [-0.2, 0) is 19.4 Å². The second-order valence-corrected chi connectivity index (χ2v) is 8.72. The molecule has 1 unspecified atom stereocenters. The molecule has 1 aliphatic heterocycles. The topological polar surface area (TPSA) is 63.7 Å². The van der Waals surface area contributed by atoms with Gasteiger partial charge in [0.1, 0.15) is 0 Å². The predicted octanol–water partition coefficient (Wildman–Crippen LogP) is 2.51. The van der Waals surface area contributed by atoms with Gasteiger partial charge in [-0.2, -0.15) is 0 Å². The Bertz CT molecular complexity index is 682. The number of ether oxygens (including phenoxy) is 1. The predicted molar refractivity (Wildman–Crippen MR) is 90.3 cm³/mol. The Morgan fingerprint density at radius 3 is 2.57 bits per heavy atom. The van der Waals surface area contributed by atoms with Crippen molar-refractivity contribution in [2.45, 2.75) is 31.6 Å². The number of esters is 1. The van der Waals surface area contributed by atoms with Gasteiger partial charge in [0.05, 0.1) is 23.1 Å². The van der Waals surface area contributed by atoms with Gasteiger partial charge in [-0.15, -0.1) is 0 Å². The monoisotopic (exact) mass is 339 g/mol. The minimum atomic E-state index is -3.29. The van der Waals surface area contributed by atoms with Crippen molar-refractivity contribution in [2.24, 2.45) is 11.3 Å². The lowest BCUT2D eigenvalue weighted by Crippen LogP contribution is -2.45.